The zero-order chi connectivity index (χ0) is 17.5. The fourth-order valence-electron chi connectivity index (χ4n) is 2.39. The van der Waals surface area contributed by atoms with Gasteiger partial charge in [-0.3, -0.25) is 9.59 Å². The van der Waals surface area contributed by atoms with Crippen LogP contribution in [-0.4, -0.2) is 54.1 Å². The Morgan fingerprint density at radius 2 is 2.00 bits per heavy atom. The van der Waals surface area contributed by atoms with Crippen molar-refractivity contribution in [3.63, 3.8) is 0 Å². The Balaban J connectivity index is 1.89. The number of piperazine rings is 1. The van der Waals surface area contributed by atoms with Gasteiger partial charge in [-0.2, -0.15) is 0 Å². The lowest BCUT2D eigenvalue weighted by Gasteiger charge is -2.33. The fourth-order valence-corrected chi connectivity index (χ4v) is 2.69. The number of halogens is 2. The first kappa shape index (κ1) is 18.5. The van der Waals surface area contributed by atoms with E-state index in [1.165, 1.54) is 11.0 Å². The normalized spacial score (nSPS) is 15.2. The number of carbonyl (C=O) groups excluding carboxylic acids is 3. The van der Waals surface area contributed by atoms with Crippen LogP contribution < -0.4 is 0 Å². The average molecular weight is 369 g/mol. The molecule has 2 rings (SSSR count). The summed E-state index contributed by atoms with van der Waals surface area (Å²) in [5, 5.41) is 0.877. The minimum Gasteiger partial charge on any atom is -0.339 e. The van der Waals surface area contributed by atoms with Gasteiger partial charge in [0.15, 0.2) is 0 Å². The van der Waals surface area contributed by atoms with Gasteiger partial charge in [0.2, 0.25) is 11.8 Å². The molecule has 1 fully saturated rings. The Morgan fingerprint density at radius 3 is 2.67 bits per heavy atom. The minimum absolute atomic E-state index is 0.0611. The molecule has 0 N–H and O–H groups in total. The first-order valence-electron chi connectivity index (χ1n) is 7.64. The fraction of sp³-hybridized carbons (Fsp3) is 0.353. The van der Waals surface area contributed by atoms with Crippen LogP contribution in [0.3, 0.4) is 0 Å². The van der Waals surface area contributed by atoms with Crippen LogP contribution in [0.25, 0.3) is 6.08 Å². The predicted molar refractivity (Wildman–Crippen MR) is 94.0 cm³/mol. The maximum absolute atomic E-state index is 12.2. The highest BCUT2D eigenvalue weighted by molar-refractivity contribution is 6.42. The number of hydrogen-bond donors (Lipinski definition) is 0. The molecule has 0 atom stereocenters. The maximum Gasteiger partial charge on any atom is 0.247 e. The van der Waals surface area contributed by atoms with Crippen LogP contribution in [0.2, 0.25) is 10.0 Å². The summed E-state index contributed by atoms with van der Waals surface area (Å²) in [4.78, 5) is 37.8. The number of rotatable bonds is 6. The molecule has 1 heterocycles. The molecule has 1 aromatic carbocycles. The number of aldehydes is 1. The first-order chi connectivity index (χ1) is 11.5. The monoisotopic (exact) mass is 368 g/mol. The van der Waals surface area contributed by atoms with Crippen molar-refractivity contribution in [3.8, 4) is 0 Å². The van der Waals surface area contributed by atoms with E-state index in [1.807, 2.05) is 0 Å². The van der Waals surface area contributed by atoms with Crippen LogP contribution in [0.1, 0.15) is 18.4 Å². The second-order valence-corrected chi connectivity index (χ2v) is 6.27. The van der Waals surface area contributed by atoms with E-state index in [1.54, 1.807) is 29.2 Å². The van der Waals surface area contributed by atoms with E-state index in [9.17, 15) is 14.4 Å². The molecule has 1 saturated heterocycles. The zero-order valence-corrected chi connectivity index (χ0v) is 14.6. The van der Waals surface area contributed by atoms with Gasteiger partial charge in [-0.25, -0.2) is 0 Å². The van der Waals surface area contributed by atoms with E-state index in [0.29, 0.717) is 42.5 Å². The van der Waals surface area contributed by atoms with Crippen molar-refractivity contribution in [3.05, 3.63) is 39.9 Å². The molecule has 1 aliphatic heterocycles. The molecule has 5 nitrogen and oxygen atoms in total. The summed E-state index contributed by atoms with van der Waals surface area (Å²) in [6.45, 7) is 1.59. The molecule has 0 radical (unpaired) electrons. The zero-order valence-electron chi connectivity index (χ0n) is 13.1. The van der Waals surface area contributed by atoms with E-state index in [4.69, 9.17) is 23.2 Å². The van der Waals surface area contributed by atoms with Gasteiger partial charge in [0, 0.05) is 32.1 Å². The van der Waals surface area contributed by atoms with Crippen molar-refractivity contribution >= 4 is 47.4 Å². The first-order valence-corrected chi connectivity index (χ1v) is 8.40. The third kappa shape index (κ3) is 5.08. The summed E-state index contributed by atoms with van der Waals surface area (Å²) in [7, 11) is 0. The molecule has 0 saturated carbocycles. The van der Waals surface area contributed by atoms with Crippen LogP contribution in [-0.2, 0) is 14.4 Å². The Bertz CT molecular complexity index is 661. The van der Waals surface area contributed by atoms with Crippen molar-refractivity contribution in [1.29, 1.82) is 0 Å². The topological polar surface area (TPSA) is 57.7 Å². The van der Waals surface area contributed by atoms with Gasteiger partial charge in [-0.1, -0.05) is 29.3 Å². The molecule has 0 bridgehead atoms. The number of carbonyl (C=O) groups is 3. The van der Waals surface area contributed by atoms with Gasteiger partial charge in [0.05, 0.1) is 10.0 Å². The van der Waals surface area contributed by atoms with E-state index in [0.717, 1.165) is 11.8 Å². The standard InChI is InChI=1S/C17H18Cl2N2O3/c18-14-5-3-13(11-15(14)19)4-6-16(23)21-9-8-20(17(24)12-21)7-1-2-10-22/h3-6,10-11H,1-2,7-9,12H2/b6-4+. The Kier molecular flexibility index (Phi) is 6.82. The van der Waals surface area contributed by atoms with Crippen molar-refractivity contribution in [2.75, 3.05) is 26.2 Å². The highest BCUT2D eigenvalue weighted by atomic mass is 35.5. The van der Waals surface area contributed by atoms with Crippen LogP contribution in [0, 0.1) is 0 Å². The molecule has 0 spiro atoms. The second kappa shape index (κ2) is 8.85. The molecular formula is C17H18Cl2N2O3. The SMILES string of the molecule is O=CCCCN1CCN(C(=O)/C=C/c2ccc(Cl)c(Cl)c2)CC1=O. The highest BCUT2D eigenvalue weighted by Gasteiger charge is 2.25. The molecule has 128 valence electrons. The Labute approximate surface area is 150 Å². The molecular weight excluding hydrogens is 351 g/mol. The van der Waals surface area contributed by atoms with Gasteiger partial charge in [0.1, 0.15) is 12.8 Å². The van der Waals surface area contributed by atoms with Crippen LogP contribution in [0.4, 0.5) is 0 Å². The van der Waals surface area contributed by atoms with Gasteiger partial charge < -0.3 is 14.6 Å². The number of hydrogen-bond acceptors (Lipinski definition) is 3. The van der Waals surface area contributed by atoms with Crippen molar-refractivity contribution in [2.24, 2.45) is 0 Å². The van der Waals surface area contributed by atoms with Gasteiger partial charge in [-0.05, 0) is 30.2 Å². The number of unbranched alkanes of at least 4 members (excludes halogenated alkanes) is 1. The smallest absolute Gasteiger partial charge is 0.247 e. The average Bonchev–Trinajstić information content (AvgIpc) is 2.57. The van der Waals surface area contributed by atoms with Gasteiger partial charge >= 0.3 is 0 Å². The van der Waals surface area contributed by atoms with Crippen LogP contribution in [0.5, 0.6) is 0 Å². The summed E-state index contributed by atoms with van der Waals surface area (Å²) in [6.07, 6.45) is 5.01. The number of amides is 2. The summed E-state index contributed by atoms with van der Waals surface area (Å²) in [5.74, 6) is -0.314. The molecule has 0 aromatic heterocycles. The Hall–Kier alpha value is -1.85. The van der Waals surface area contributed by atoms with E-state index in [-0.39, 0.29) is 18.4 Å². The minimum atomic E-state index is -0.220. The third-order valence-electron chi connectivity index (χ3n) is 3.74. The number of nitrogens with zero attached hydrogens (tertiary/aromatic N) is 2. The molecule has 1 aromatic rings. The lowest BCUT2D eigenvalue weighted by atomic mass is 10.2. The largest absolute Gasteiger partial charge is 0.339 e. The van der Waals surface area contributed by atoms with Crippen LogP contribution in [0.15, 0.2) is 24.3 Å². The van der Waals surface area contributed by atoms with Crippen molar-refractivity contribution in [1.82, 2.24) is 9.80 Å². The second-order valence-electron chi connectivity index (χ2n) is 5.46. The third-order valence-corrected chi connectivity index (χ3v) is 4.48. The Morgan fingerprint density at radius 1 is 1.21 bits per heavy atom. The maximum atomic E-state index is 12.2. The van der Waals surface area contributed by atoms with Gasteiger partial charge in [0.25, 0.3) is 0 Å². The lowest BCUT2D eigenvalue weighted by molar-refractivity contribution is -0.143. The van der Waals surface area contributed by atoms with E-state index >= 15 is 0 Å². The quantitative estimate of drug-likeness (QED) is 0.440. The lowest BCUT2D eigenvalue weighted by Crippen LogP contribution is -2.52. The molecule has 0 unspecified atom stereocenters. The number of benzene rings is 1. The summed E-state index contributed by atoms with van der Waals surface area (Å²) < 4.78 is 0. The highest BCUT2D eigenvalue weighted by Crippen LogP contribution is 2.23. The molecule has 7 heteroatoms. The van der Waals surface area contributed by atoms with Crippen LogP contribution >= 0.6 is 23.2 Å². The molecule has 2 amide bonds. The summed E-state index contributed by atoms with van der Waals surface area (Å²) in [6, 6.07) is 5.09. The molecule has 0 aliphatic carbocycles. The van der Waals surface area contributed by atoms with Gasteiger partial charge in [-0.15, -0.1) is 0 Å². The van der Waals surface area contributed by atoms with E-state index < -0.39 is 0 Å². The van der Waals surface area contributed by atoms with Crippen molar-refractivity contribution < 1.29 is 14.4 Å². The molecule has 1 aliphatic rings. The predicted octanol–water partition coefficient (Wildman–Crippen LogP) is 2.66. The van der Waals surface area contributed by atoms with Crippen molar-refractivity contribution in [2.45, 2.75) is 12.8 Å². The molecule has 24 heavy (non-hydrogen) atoms. The van der Waals surface area contributed by atoms with E-state index in [2.05, 4.69) is 0 Å². The summed E-state index contributed by atoms with van der Waals surface area (Å²) >= 11 is 11.8. The summed E-state index contributed by atoms with van der Waals surface area (Å²) in [5.41, 5.74) is 0.761.